The van der Waals surface area contributed by atoms with Crippen LogP contribution in [0.2, 0.25) is 0 Å². The Hall–Kier alpha value is -3.72. The number of benzene rings is 1. The van der Waals surface area contributed by atoms with Gasteiger partial charge in [-0.2, -0.15) is 0 Å². The lowest BCUT2D eigenvalue weighted by molar-refractivity contribution is -0.123. The molecule has 0 fully saturated rings. The van der Waals surface area contributed by atoms with Crippen molar-refractivity contribution < 1.29 is 28.6 Å². The Balaban J connectivity index is 1.78. The molecule has 0 unspecified atom stereocenters. The first kappa shape index (κ1) is 23.9. The third-order valence-corrected chi connectivity index (χ3v) is 5.55. The Morgan fingerprint density at radius 1 is 1.00 bits per heavy atom. The second-order valence-electron chi connectivity index (χ2n) is 6.77. The van der Waals surface area contributed by atoms with Crippen molar-refractivity contribution in [1.82, 2.24) is 4.98 Å². The number of nitrogens with one attached hydrogen (secondary N) is 1. The third kappa shape index (κ3) is 5.95. The van der Waals surface area contributed by atoms with Gasteiger partial charge < -0.3 is 19.5 Å². The minimum atomic E-state index is -1.13. The second kappa shape index (κ2) is 11.2. The van der Waals surface area contributed by atoms with Crippen molar-refractivity contribution >= 4 is 34.2 Å². The van der Waals surface area contributed by atoms with Crippen molar-refractivity contribution in [2.24, 2.45) is 0 Å². The first-order valence-corrected chi connectivity index (χ1v) is 11.2. The number of carbonyl (C=O) groups is 3. The van der Waals surface area contributed by atoms with E-state index in [1.807, 2.05) is 30.3 Å². The van der Waals surface area contributed by atoms with Gasteiger partial charge in [0.15, 0.2) is 6.10 Å². The molecule has 172 valence electrons. The van der Waals surface area contributed by atoms with Crippen LogP contribution < -0.4 is 10.1 Å². The summed E-state index contributed by atoms with van der Waals surface area (Å²) in [5, 5.41) is 3.01. The average Bonchev–Trinajstić information content (AvgIpc) is 3.24. The molecule has 8 nitrogen and oxygen atoms in total. The molecule has 0 aliphatic rings. The molecule has 0 aliphatic carbocycles. The molecule has 1 N–H and O–H groups in total. The highest BCUT2D eigenvalue weighted by molar-refractivity contribution is 7.20. The number of thiophene rings is 1. The number of aromatic nitrogens is 1. The van der Waals surface area contributed by atoms with Crippen LogP contribution in [0.3, 0.4) is 0 Å². The summed E-state index contributed by atoms with van der Waals surface area (Å²) < 4.78 is 15.8. The van der Waals surface area contributed by atoms with Gasteiger partial charge in [0.2, 0.25) is 5.88 Å². The summed E-state index contributed by atoms with van der Waals surface area (Å²) in [4.78, 5) is 42.6. The molecule has 2 heterocycles. The lowest BCUT2D eigenvalue weighted by atomic mass is 10.1. The predicted molar refractivity (Wildman–Crippen MR) is 125 cm³/mol. The molecular formula is C24H24N2O6S. The van der Waals surface area contributed by atoms with E-state index < -0.39 is 23.9 Å². The number of esters is 2. The highest BCUT2D eigenvalue weighted by Gasteiger charge is 2.25. The van der Waals surface area contributed by atoms with E-state index in [0.717, 1.165) is 10.4 Å². The predicted octanol–water partition coefficient (Wildman–Crippen LogP) is 4.57. The van der Waals surface area contributed by atoms with Gasteiger partial charge in [-0.25, -0.2) is 14.6 Å². The van der Waals surface area contributed by atoms with Gasteiger partial charge in [-0.15, -0.1) is 11.3 Å². The van der Waals surface area contributed by atoms with Crippen LogP contribution >= 0.6 is 11.3 Å². The van der Waals surface area contributed by atoms with Crippen LogP contribution in [0.15, 0.2) is 54.7 Å². The number of carbonyl (C=O) groups excluding carboxylic acids is 3. The van der Waals surface area contributed by atoms with Gasteiger partial charge in [0, 0.05) is 11.1 Å². The van der Waals surface area contributed by atoms with Crippen molar-refractivity contribution in [1.29, 1.82) is 0 Å². The van der Waals surface area contributed by atoms with E-state index in [2.05, 4.69) is 10.3 Å². The molecule has 9 heteroatoms. The Labute approximate surface area is 195 Å². The van der Waals surface area contributed by atoms with Crippen LogP contribution in [0.25, 0.3) is 10.4 Å². The fraction of sp³-hybridized carbons (Fsp3) is 0.250. The van der Waals surface area contributed by atoms with E-state index >= 15 is 0 Å². The molecule has 1 amide bonds. The minimum Gasteiger partial charge on any atom is -0.477 e. The molecule has 0 spiro atoms. The number of hydrogen-bond acceptors (Lipinski definition) is 8. The normalized spacial score (nSPS) is 11.4. The number of anilines is 1. The number of amides is 1. The van der Waals surface area contributed by atoms with E-state index in [-0.39, 0.29) is 23.6 Å². The summed E-state index contributed by atoms with van der Waals surface area (Å²) in [5.41, 5.74) is 1.25. The monoisotopic (exact) mass is 468 g/mol. The maximum atomic E-state index is 12.8. The lowest BCUT2D eigenvalue weighted by Crippen LogP contribution is -2.30. The van der Waals surface area contributed by atoms with Crippen LogP contribution in [0.4, 0.5) is 5.00 Å². The van der Waals surface area contributed by atoms with Gasteiger partial charge in [0.1, 0.15) is 10.6 Å². The number of ether oxygens (including phenoxy) is 3. The van der Waals surface area contributed by atoms with E-state index in [4.69, 9.17) is 14.2 Å². The molecule has 2 aromatic heterocycles. The molecule has 1 atom stereocenters. The van der Waals surface area contributed by atoms with Crippen LogP contribution in [-0.4, -0.2) is 42.1 Å². The third-order valence-electron chi connectivity index (χ3n) is 4.45. The smallest absolute Gasteiger partial charge is 0.344 e. The molecule has 3 aromatic rings. The maximum absolute atomic E-state index is 12.8. The van der Waals surface area contributed by atoms with Crippen molar-refractivity contribution in [3.8, 4) is 16.3 Å². The van der Waals surface area contributed by atoms with Gasteiger partial charge in [-0.3, -0.25) is 4.79 Å². The quantitative estimate of drug-likeness (QED) is 0.459. The molecular weight excluding hydrogens is 444 g/mol. The zero-order valence-corrected chi connectivity index (χ0v) is 19.3. The first-order valence-electron chi connectivity index (χ1n) is 10.4. The van der Waals surface area contributed by atoms with Gasteiger partial charge in [0.05, 0.1) is 18.8 Å². The minimum absolute atomic E-state index is 0.119. The topological polar surface area (TPSA) is 104 Å². The molecule has 0 radical (unpaired) electrons. The SMILES string of the molecule is CCOC(=O)c1cc(-c2ccccc2)sc1NC(=O)[C@H](C)OC(=O)c1cccnc1OCC. The van der Waals surface area contributed by atoms with Crippen LogP contribution in [0.5, 0.6) is 5.88 Å². The van der Waals surface area contributed by atoms with Gasteiger partial charge in [-0.1, -0.05) is 30.3 Å². The second-order valence-corrected chi connectivity index (χ2v) is 7.82. The summed E-state index contributed by atoms with van der Waals surface area (Å²) >= 11 is 1.23. The molecule has 0 bridgehead atoms. The van der Waals surface area contributed by atoms with Crippen LogP contribution in [0.1, 0.15) is 41.5 Å². The Kier molecular flexibility index (Phi) is 8.15. The van der Waals surface area contributed by atoms with Crippen molar-refractivity contribution in [2.75, 3.05) is 18.5 Å². The molecule has 0 saturated heterocycles. The first-order chi connectivity index (χ1) is 15.9. The Morgan fingerprint density at radius 2 is 1.76 bits per heavy atom. The molecule has 3 rings (SSSR count). The van der Waals surface area contributed by atoms with Crippen molar-refractivity contribution in [2.45, 2.75) is 26.9 Å². The highest BCUT2D eigenvalue weighted by Crippen LogP contribution is 2.36. The fourth-order valence-corrected chi connectivity index (χ4v) is 3.93. The maximum Gasteiger partial charge on any atom is 0.344 e. The van der Waals surface area contributed by atoms with Gasteiger partial charge in [0.25, 0.3) is 5.91 Å². The van der Waals surface area contributed by atoms with Crippen molar-refractivity contribution in [3.63, 3.8) is 0 Å². The van der Waals surface area contributed by atoms with E-state index in [9.17, 15) is 14.4 Å². The van der Waals surface area contributed by atoms with Crippen LogP contribution in [0, 0.1) is 0 Å². The molecule has 0 aliphatic heterocycles. The van der Waals surface area contributed by atoms with Crippen molar-refractivity contribution in [3.05, 3.63) is 65.9 Å². The van der Waals surface area contributed by atoms with E-state index in [1.165, 1.54) is 30.5 Å². The molecule has 0 saturated carbocycles. The van der Waals surface area contributed by atoms with Gasteiger partial charge >= 0.3 is 11.9 Å². The average molecular weight is 469 g/mol. The number of hydrogen-bond donors (Lipinski definition) is 1. The fourth-order valence-electron chi connectivity index (χ4n) is 2.88. The largest absolute Gasteiger partial charge is 0.477 e. The van der Waals surface area contributed by atoms with E-state index in [1.54, 1.807) is 26.0 Å². The summed E-state index contributed by atoms with van der Waals surface area (Å²) in [7, 11) is 0. The summed E-state index contributed by atoms with van der Waals surface area (Å²) in [6.07, 6.45) is 0.361. The summed E-state index contributed by atoms with van der Waals surface area (Å²) in [6.45, 7) is 5.44. The van der Waals surface area contributed by atoms with Gasteiger partial charge in [-0.05, 0) is 44.5 Å². The summed E-state index contributed by atoms with van der Waals surface area (Å²) in [6, 6.07) is 14.2. The standard InChI is InChI=1S/C24H24N2O6S/c1-4-30-21-17(12-9-13-25-21)24(29)32-15(3)20(27)26-22-18(23(28)31-5-2)14-19(33-22)16-10-7-6-8-11-16/h6-15H,4-5H2,1-3H3,(H,26,27)/t15-/m0/s1. The molecule has 33 heavy (non-hydrogen) atoms. The van der Waals surface area contributed by atoms with E-state index in [0.29, 0.717) is 11.6 Å². The number of rotatable bonds is 9. The highest BCUT2D eigenvalue weighted by atomic mass is 32.1. The Bertz CT molecular complexity index is 1130. The number of nitrogens with zero attached hydrogens (tertiary/aromatic N) is 1. The summed E-state index contributed by atoms with van der Waals surface area (Å²) in [5.74, 6) is -1.74. The molecule has 1 aromatic carbocycles. The zero-order valence-electron chi connectivity index (χ0n) is 18.5. The number of pyridine rings is 1. The zero-order chi connectivity index (χ0) is 23.8. The van der Waals surface area contributed by atoms with Crippen LogP contribution in [-0.2, 0) is 14.3 Å². The lowest BCUT2D eigenvalue weighted by Gasteiger charge is -2.14. The Morgan fingerprint density at radius 3 is 2.45 bits per heavy atom.